The Morgan fingerprint density at radius 2 is 2.00 bits per heavy atom. The number of piperidine rings is 2. The summed E-state index contributed by atoms with van der Waals surface area (Å²) in [7, 11) is 0. The van der Waals surface area contributed by atoms with Crippen molar-refractivity contribution in [3.63, 3.8) is 0 Å². The molecule has 2 saturated heterocycles. The smallest absolute Gasteiger partial charge is 0.0476 e. The van der Waals surface area contributed by atoms with Gasteiger partial charge in [-0.25, -0.2) is 0 Å². The van der Waals surface area contributed by atoms with Crippen LogP contribution in [0.3, 0.4) is 0 Å². The van der Waals surface area contributed by atoms with Crippen LogP contribution < -0.4 is 0 Å². The van der Waals surface area contributed by atoms with Crippen LogP contribution in [-0.2, 0) is 6.54 Å². The van der Waals surface area contributed by atoms with Gasteiger partial charge in [0.25, 0.3) is 0 Å². The van der Waals surface area contributed by atoms with Gasteiger partial charge in [0.05, 0.1) is 0 Å². The van der Waals surface area contributed by atoms with Gasteiger partial charge in [-0.15, -0.1) is 0 Å². The summed E-state index contributed by atoms with van der Waals surface area (Å²) in [4.78, 5) is 9.38. The lowest BCUT2D eigenvalue weighted by atomic mass is 9.64. The standard InChI is InChI=1S/C20H33N3OS/c1-25-13-3-9-22-10-5-20(19(16-22)17-24)6-11-23(12-7-20)15-18-4-2-8-21-14-18/h2,4,8,14,19,24H,3,5-7,9-13,15-17H2,1H3/t19-/m0/s1. The van der Waals surface area contributed by atoms with Gasteiger partial charge in [-0.3, -0.25) is 9.88 Å². The summed E-state index contributed by atoms with van der Waals surface area (Å²) in [5.74, 6) is 1.70. The van der Waals surface area contributed by atoms with E-state index >= 15 is 0 Å². The maximum absolute atomic E-state index is 10.0. The van der Waals surface area contributed by atoms with Gasteiger partial charge in [0.1, 0.15) is 0 Å². The Morgan fingerprint density at radius 3 is 2.64 bits per heavy atom. The molecule has 5 heteroatoms. The van der Waals surface area contributed by atoms with E-state index in [2.05, 4.69) is 27.1 Å². The first-order valence-electron chi connectivity index (χ1n) is 9.69. The van der Waals surface area contributed by atoms with Crippen LogP contribution in [0.25, 0.3) is 0 Å². The number of aliphatic hydroxyl groups excluding tert-OH is 1. The van der Waals surface area contributed by atoms with E-state index in [0.29, 0.717) is 17.9 Å². The highest BCUT2D eigenvalue weighted by molar-refractivity contribution is 7.98. The third kappa shape index (κ3) is 4.97. The van der Waals surface area contributed by atoms with Crippen LogP contribution in [-0.4, -0.2) is 71.2 Å². The molecule has 2 fully saturated rings. The molecule has 2 aliphatic rings. The molecule has 4 nitrogen and oxygen atoms in total. The summed E-state index contributed by atoms with van der Waals surface area (Å²) in [6, 6.07) is 4.19. The molecular weight excluding hydrogens is 330 g/mol. The molecule has 0 bridgehead atoms. The molecule has 1 spiro atoms. The first-order valence-corrected chi connectivity index (χ1v) is 11.1. The second-order valence-corrected chi connectivity index (χ2v) is 8.76. The number of likely N-dealkylation sites (tertiary alicyclic amines) is 2. The van der Waals surface area contributed by atoms with Crippen molar-refractivity contribution in [1.82, 2.24) is 14.8 Å². The minimum absolute atomic E-state index is 0.349. The number of aromatic nitrogens is 1. The van der Waals surface area contributed by atoms with Crippen molar-refractivity contribution in [2.75, 3.05) is 51.3 Å². The fourth-order valence-corrected chi connectivity index (χ4v) is 5.05. The fourth-order valence-electron chi connectivity index (χ4n) is 4.63. The van der Waals surface area contributed by atoms with E-state index in [9.17, 15) is 5.11 Å². The Balaban J connectivity index is 1.51. The molecule has 140 valence electrons. The molecule has 2 aliphatic heterocycles. The van der Waals surface area contributed by atoms with Crippen molar-refractivity contribution >= 4 is 11.8 Å². The van der Waals surface area contributed by atoms with E-state index in [1.54, 1.807) is 0 Å². The number of thioether (sulfide) groups is 1. The quantitative estimate of drug-likeness (QED) is 0.754. The molecule has 25 heavy (non-hydrogen) atoms. The van der Waals surface area contributed by atoms with Crippen molar-refractivity contribution in [1.29, 1.82) is 0 Å². The van der Waals surface area contributed by atoms with Gasteiger partial charge < -0.3 is 10.0 Å². The highest BCUT2D eigenvalue weighted by atomic mass is 32.2. The van der Waals surface area contributed by atoms with Gasteiger partial charge in [-0.05, 0) is 80.9 Å². The average molecular weight is 364 g/mol. The van der Waals surface area contributed by atoms with Crippen molar-refractivity contribution in [3.05, 3.63) is 30.1 Å². The molecule has 3 heterocycles. The van der Waals surface area contributed by atoms with Crippen molar-refractivity contribution in [2.45, 2.75) is 32.2 Å². The maximum Gasteiger partial charge on any atom is 0.0476 e. The Morgan fingerprint density at radius 1 is 1.24 bits per heavy atom. The molecule has 1 aromatic heterocycles. The lowest BCUT2D eigenvalue weighted by Crippen LogP contribution is -2.53. The van der Waals surface area contributed by atoms with Crippen molar-refractivity contribution in [2.24, 2.45) is 11.3 Å². The summed E-state index contributed by atoms with van der Waals surface area (Å²) >= 11 is 1.93. The van der Waals surface area contributed by atoms with E-state index in [1.165, 1.54) is 50.1 Å². The van der Waals surface area contributed by atoms with Crippen LogP contribution in [0.1, 0.15) is 31.2 Å². The molecule has 0 unspecified atom stereocenters. The molecule has 0 radical (unpaired) electrons. The van der Waals surface area contributed by atoms with E-state index in [0.717, 1.165) is 26.2 Å². The molecule has 1 N–H and O–H groups in total. The Kier molecular flexibility index (Phi) is 7.17. The van der Waals surface area contributed by atoms with Crippen LogP contribution in [0.15, 0.2) is 24.5 Å². The monoisotopic (exact) mass is 363 g/mol. The SMILES string of the molecule is CSCCCN1CCC2(CCN(Cc3cccnc3)CC2)[C@H](CO)C1. The van der Waals surface area contributed by atoms with Crippen LogP contribution in [0.5, 0.6) is 0 Å². The molecular formula is C20H33N3OS. The van der Waals surface area contributed by atoms with E-state index in [1.807, 2.05) is 30.2 Å². The van der Waals surface area contributed by atoms with Crippen LogP contribution in [0.2, 0.25) is 0 Å². The number of pyridine rings is 1. The zero-order chi connectivity index (χ0) is 17.5. The largest absolute Gasteiger partial charge is 0.396 e. The lowest BCUT2D eigenvalue weighted by Gasteiger charge is -2.51. The van der Waals surface area contributed by atoms with Crippen molar-refractivity contribution < 1.29 is 5.11 Å². The van der Waals surface area contributed by atoms with E-state index < -0.39 is 0 Å². The normalized spacial score (nSPS) is 24.6. The fraction of sp³-hybridized carbons (Fsp3) is 0.750. The van der Waals surface area contributed by atoms with Crippen LogP contribution in [0.4, 0.5) is 0 Å². The van der Waals surface area contributed by atoms with Gasteiger partial charge >= 0.3 is 0 Å². The second-order valence-electron chi connectivity index (χ2n) is 7.78. The first-order chi connectivity index (χ1) is 12.3. The number of rotatable bonds is 7. The van der Waals surface area contributed by atoms with Gasteiger partial charge in [0.15, 0.2) is 0 Å². The topological polar surface area (TPSA) is 39.6 Å². The van der Waals surface area contributed by atoms with Crippen LogP contribution >= 0.6 is 11.8 Å². The Hall–Kier alpha value is -0.620. The van der Waals surface area contributed by atoms with Gasteiger partial charge in [0, 0.05) is 38.0 Å². The summed E-state index contributed by atoms with van der Waals surface area (Å²) in [5.41, 5.74) is 1.68. The summed E-state index contributed by atoms with van der Waals surface area (Å²) in [6.45, 7) is 7.16. The highest BCUT2D eigenvalue weighted by Gasteiger charge is 2.44. The zero-order valence-corrected chi connectivity index (χ0v) is 16.4. The molecule has 0 aliphatic carbocycles. The minimum atomic E-state index is 0.349. The van der Waals surface area contributed by atoms with Gasteiger partial charge in [-0.1, -0.05) is 6.07 Å². The second kappa shape index (κ2) is 9.36. The third-order valence-corrected chi connectivity index (χ3v) is 6.99. The van der Waals surface area contributed by atoms with Crippen LogP contribution in [0, 0.1) is 11.3 Å². The molecule has 1 atom stereocenters. The first kappa shape index (κ1) is 19.2. The average Bonchev–Trinajstić information content (AvgIpc) is 2.66. The van der Waals surface area contributed by atoms with Gasteiger partial charge in [0.2, 0.25) is 0 Å². The summed E-state index contributed by atoms with van der Waals surface area (Å²) in [6.07, 6.45) is 11.0. The predicted octanol–water partition coefficient (Wildman–Crippen LogP) is 2.73. The van der Waals surface area contributed by atoms with Crippen molar-refractivity contribution in [3.8, 4) is 0 Å². The molecule has 0 amide bonds. The number of hydrogen-bond acceptors (Lipinski definition) is 5. The third-order valence-electron chi connectivity index (χ3n) is 6.29. The predicted molar refractivity (Wildman–Crippen MR) is 106 cm³/mol. The van der Waals surface area contributed by atoms with E-state index in [-0.39, 0.29) is 0 Å². The Labute approximate surface area is 157 Å². The Bertz CT molecular complexity index is 505. The van der Waals surface area contributed by atoms with E-state index in [4.69, 9.17) is 0 Å². The van der Waals surface area contributed by atoms with Gasteiger partial charge in [-0.2, -0.15) is 11.8 Å². The maximum atomic E-state index is 10.0. The number of nitrogens with zero attached hydrogens (tertiary/aromatic N) is 3. The molecule has 3 rings (SSSR count). The number of aliphatic hydroxyl groups is 1. The lowest BCUT2D eigenvalue weighted by molar-refractivity contribution is -0.0427. The number of hydrogen-bond donors (Lipinski definition) is 1. The molecule has 0 aromatic carbocycles. The highest BCUT2D eigenvalue weighted by Crippen LogP contribution is 2.45. The molecule has 0 saturated carbocycles. The zero-order valence-electron chi connectivity index (χ0n) is 15.6. The summed E-state index contributed by atoms with van der Waals surface area (Å²) < 4.78 is 0. The summed E-state index contributed by atoms with van der Waals surface area (Å²) in [5, 5.41) is 10.0. The molecule has 1 aromatic rings. The minimum Gasteiger partial charge on any atom is -0.396 e.